The number of hydrogen-bond acceptors (Lipinski definition) is 6. The molecule has 232 valence electrons. The molecule has 8 heteroatoms. The second-order valence-electron chi connectivity index (χ2n) is 12.0. The fourth-order valence-corrected chi connectivity index (χ4v) is 5.22. The van der Waals surface area contributed by atoms with Gasteiger partial charge in [0.1, 0.15) is 11.4 Å². The number of rotatable bonds is 8. The minimum atomic E-state index is -0.574. The summed E-state index contributed by atoms with van der Waals surface area (Å²) >= 11 is 0. The summed E-state index contributed by atoms with van der Waals surface area (Å²) in [5.41, 5.74) is 5.13. The minimum absolute atomic E-state index is 0.00204. The first-order valence-corrected chi connectivity index (χ1v) is 14.9. The molecule has 1 aliphatic rings. The monoisotopic (exact) mass is 598 g/mol. The van der Waals surface area contributed by atoms with Crippen LogP contribution in [0.3, 0.4) is 0 Å². The Kier molecular flexibility index (Phi) is 10.5. The fourth-order valence-electron chi connectivity index (χ4n) is 5.22. The molecule has 1 saturated heterocycles. The number of esters is 1. The van der Waals surface area contributed by atoms with Gasteiger partial charge in [-0.2, -0.15) is 0 Å². The quantitative estimate of drug-likeness (QED) is 0.204. The molecule has 0 unspecified atom stereocenters. The van der Waals surface area contributed by atoms with Crippen molar-refractivity contribution in [1.82, 2.24) is 4.90 Å². The summed E-state index contributed by atoms with van der Waals surface area (Å²) in [5, 5.41) is 0. The van der Waals surface area contributed by atoms with Gasteiger partial charge in [-0.1, -0.05) is 42.5 Å². The van der Waals surface area contributed by atoms with E-state index in [0.29, 0.717) is 32.5 Å². The number of likely N-dealkylation sites (tertiary alicyclic amines) is 1. The van der Waals surface area contributed by atoms with Crippen LogP contribution in [0.2, 0.25) is 0 Å². The van der Waals surface area contributed by atoms with Crippen LogP contribution in [-0.4, -0.2) is 55.8 Å². The number of hydrogen-bond donors (Lipinski definition) is 0. The second kappa shape index (κ2) is 14.3. The van der Waals surface area contributed by atoms with Crippen molar-refractivity contribution in [2.45, 2.75) is 52.7 Å². The van der Waals surface area contributed by atoms with Crippen LogP contribution < -0.4 is 9.64 Å². The Hall–Kier alpha value is -4.59. The first-order valence-electron chi connectivity index (χ1n) is 14.9. The van der Waals surface area contributed by atoms with Crippen molar-refractivity contribution >= 4 is 29.7 Å². The number of carbonyl (C=O) groups is 3. The van der Waals surface area contributed by atoms with Crippen LogP contribution >= 0.6 is 0 Å². The Morgan fingerprint density at radius 3 is 2.23 bits per heavy atom. The van der Waals surface area contributed by atoms with Crippen molar-refractivity contribution in [2.75, 3.05) is 32.2 Å². The van der Waals surface area contributed by atoms with E-state index in [-0.39, 0.29) is 17.9 Å². The molecule has 2 amide bonds. The Balaban J connectivity index is 1.56. The largest absolute Gasteiger partial charge is 0.496 e. The SMILES string of the molecule is COC(=O)/C=C/c1cccc(N(Cc2ccc(-c3ccc(OC)c(C)c3)cc2)C(=O)C2CCN(C(=O)OC(C)(C)C)CC2)c1. The summed E-state index contributed by atoms with van der Waals surface area (Å²) in [4.78, 5) is 41.9. The molecule has 1 aliphatic heterocycles. The summed E-state index contributed by atoms with van der Waals surface area (Å²) in [7, 11) is 3.00. The van der Waals surface area contributed by atoms with E-state index in [1.54, 1.807) is 23.0 Å². The van der Waals surface area contributed by atoms with Crippen LogP contribution in [0.15, 0.2) is 72.8 Å². The molecule has 0 saturated carbocycles. The molecule has 0 aromatic heterocycles. The van der Waals surface area contributed by atoms with Crippen LogP contribution in [-0.2, 0) is 25.6 Å². The number of nitrogens with zero attached hydrogens (tertiary/aromatic N) is 2. The standard InChI is InChI=1S/C36H42N2O6/c1-25-22-30(15-16-32(25)42-5)28-13-10-27(11-14-28)24-38(31-9-7-8-26(23-31)12-17-33(39)43-6)34(40)29-18-20-37(21-19-29)35(41)44-36(2,3)4/h7-17,22-23,29H,18-21,24H2,1-6H3/b17-12+. The molecule has 1 fully saturated rings. The van der Waals surface area contributed by atoms with Crippen molar-refractivity contribution in [3.05, 3.63) is 89.5 Å². The van der Waals surface area contributed by atoms with Crippen LogP contribution in [0.25, 0.3) is 17.2 Å². The summed E-state index contributed by atoms with van der Waals surface area (Å²) in [6.07, 6.45) is 3.77. The van der Waals surface area contributed by atoms with Gasteiger partial charge in [-0.25, -0.2) is 9.59 Å². The van der Waals surface area contributed by atoms with Crippen molar-refractivity contribution in [3.63, 3.8) is 0 Å². The maximum atomic E-state index is 14.1. The number of ether oxygens (including phenoxy) is 3. The number of carbonyl (C=O) groups excluding carboxylic acids is 3. The number of anilines is 1. The van der Waals surface area contributed by atoms with E-state index >= 15 is 0 Å². The van der Waals surface area contributed by atoms with Crippen molar-refractivity contribution in [2.24, 2.45) is 5.92 Å². The fraction of sp³-hybridized carbons (Fsp3) is 0.361. The Morgan fingerprint density at radius 2 is 1.61 bits per heavy atom. The van der Waals surface area contributed by atoms with Crippen LogP contribution in [0.4, 0.5) is 10.5 Å². The van der Waals surface area contributed by atoms with Gasteiger partial charge in [-0.05, 0) is 98.7 Å². The van der Waals surface area contributed by atoms with Crippen LogP contribution in [0, 0.1) is 12.8 Å². The molecule has 3 aromatic carbocycles. The zero-order valence-corrected chi connectivity index (χ0v) is 26.5. The highest BCUT2D eigenvalue weighted by molar-refractivity contribution is 5.95. The van der Waals surface area contributed by atoms with E-state index in [0.717, 1.165) is 39.3 Å². The molecule has 0 N–H and O–H groups in total. The Labute approximate surface area is 260 Å². The van der Waals surface area contributed by atoms with E-state index in [1.807, 2.05) is 76.2 Å². The van der Waals surface area contributed by atoms with Gasteiger partial charge < -0.3 is 24.0 Å². The molecule has 0 spiro atoms. The minimum Gasteiger partial charge on any atom is -0.496 e. The van der Waals surface area contributed by atoms with E-state index < -0.39 is 11.6 Å². The van der Waals surface area contributed by atoms with Gasteiger partial charge in [0.05, 0.1) is 20.8 Å². The predicted octanol–water partition coefficient (Wildman–Crippen LogP) is 7.04. The van der Waals surface area contributed by atoms with Gasteiger partial charge in [-0.3, -0.25) is 4.79 Å². The summed E-state index contributed by atoms with van der Waals surface area (Å²) in [6, 6.07) is 21.8. The topological polar surface area (TPSA) is 85.4 Å². The molecule has 0 radical (unpaired) electrons. The average Bonchev–Trinajstić information content (AvgIpc) is 3.01. The highest BCUT2D eigenvalue weighted by Crippen LogP contribution is 2.29. The molecular weight excluding hydrogens is 556 g/mol. The molecule has 4 rings (SSSR count). The molecule has 0 aliphatic carbocycles. The average molecular weight is 599 g/mol. The normalized spacial score (nSPS) is 13.9. The molecule has 8 nitrogen and oxygen atoms in total. The Morgan fingerprint density at radius 1 is 0.932 bits per heavy atom. The summed E-state index contributed by atoms with van der Waals surface area (Å²) in [5.74, 6) is 0.148. The molecule has 3 aromatic rings. The molecular formula is C36H42N2O6. The van der Waals surface area contributed by atoms with Crippen molar-refractivity contribution in [3.8, 4) is 16.9 Å². The maximum absolute atomic E-state index is 14.1. The summed E-state index contributed by atoms with van der Waals surface area (Å²) < 4.78 is 15.7. The lowest BCUT2D eigenvalue weighted by atomic mass is 9.94. The van der Waals surface area contributed by atoms with E-state index in [4.69, 9.17) is 14.2 Å². The zero-order valence-electron chi connectivity index (χ0n) is 26.5. The number of piperidine rings is 1. The van der Waals surface area contributed by atoms with Crippen LogP contribution in [0.1, 0.15) is 50.3 Å². The third-order valence-corrected chi connectivity index (χ3v) is 7.58. The third kappa shape index (κ3) is 8.49. The van der Waals surface area contributed by atoms with Gasteiger partial charge in [0.25, 0.3) is 0 Å². The first-order chi connectivity index (χ1) is 21.0. The first kappa shape index (κ1) is 32.3. The van der Waals surface area contributed by atoms with Gasteiger partial charge in [0.15, 0.2) is 0 Å². The number of methoxy groups -OCH3 is 2. The predicted molar refractivity (Wildman–Crippen MR) is 172 cm³/mol. The van der Waals surface area contributed by atoms with Gasteiger partial charge in [-0.15, -0.1) is 0 Å². The van der Waals surface area contributed by atoms with Crippen LogP contribution in [0.5, 0.6) is 5.75 Å². The van der Waals surface area contributed by atoms with Crippen molar-refractivity contribution in [1.29, 1.82) is 0 Å². The van der Waals surface area contributed by atoms with E-state index in [2.05, 4.69) is 18.2 Å². The van der Waals surface area contributed by atoms with E-state index in [1.165, 1.54) is 13.2 Å². The lowest BCUT2D eigenvalue weighted by Gasteiger charge is -2.35. The Bertz CT molecular complexity index is 1500. The second-order valence-corrected chi connectivity index (χ2v) is 12.0. The molecule has 1 heterocycles. The van der Waals surface area contributed by atoms with Gasteiger partial charge in [0.2, 0.25) is 5.91 Å². The lowest BCUT2D eigenvalue weighted by Crippen LogP contribution is -2.45. The van der Waals surface area contributed by atoms with Gasteiger partial charge >= 0.3 is 12.1 Å². The molecule has 44 heavy (non-hydrogen) atoms. The number of benzene rings is 3. The number of aryl methyl sites for hydroxylation is 1. The highest BCUT2D eigenvalue weighted by Gasteiger charge is 2.32. The molecule has 0 atom stereocenters. The highest BCUT2D eigenvalue weighted by atomic mass is 16.6. The van der Waals surface area contributed by atoms with E-state index in [9.17, 15) is 14.4 Å². The zero-order chi connectivity index (χ0) is 31.9. The molecule has 0 bridgehead atoms. The van der Waals surface area contributed by atoms with Crippen molar-refractivity contribution < 1.29 is 28.6 Å². The maximum Gasteiger partial charge on any atom is 0.410 e. The number of amides is 2. The third-order valence-electron chi connectivity index (χ3n) is 7.58. The lowest BCUT2D eigenvalue weighted by molar-refractivity contribution is -0.134. The smallest absolute Gasteiger partial charge is 0.410 e. The summed E-state index contributed by atoms with van der Waals surface area (Å²) in [6.45, 7) is 8.84. The van der Waals surface area contributed by atoms with Gasteiger partial charge in [0, 0.05) is 30.8 Å².